The van der Waals surface area contributed by atoms with E-state index in [2.05, 4.69) is 11.4 Å². The van der Waals surface area contributed by atoms with E-state index < -0.39 is 0 Å². The predicted octanol–water partition coefficient (Wildman–Crippen LogP) is 4.79. The molecule has 2 aromatic carbocycles. The molecule has 0 spiro atoms. The number of amides is 3. The number of hydrogen-bond donors (Lipinski definition) is 1. The maximum absolute atomic E-state index is 13.6. The van der Waals surface area contributed by atoms with Crippen molar-refractivity contribution in [3.05, 3.63) is 59.7 Å². The molecule has 2 aliphatic rings. The lowest BCUT2D eigenvalue weighted by Crippen LogP contribution is -2.51. The predicted molar refractivity (Wildman–Crippen MR) is 141 cm³/mol. The molecule has 37 heavy (non-hydrogen) atoms. The van der Waals surface area contributed by atoms with E-state index in [-0.39, 0.29) is 35.8 Å². The average Bonchev–Trinajstić information content (AvgIpc) is 2.93. The monoisotopic (exact) mass is 507 g/mol. The number of hydrogen-bond acceptors (Lipinski definition) is 5. The average molecular weight is 508 g/mol. The largest absolute Gasteiger partial charge is 0.497 e. The second-order valence-corrected chi connectivity index (χ2v) is 9.89. The molecule has 1 N–H and O–H groups in total. The SMILES string of the molecule is CCOC(=O)C1CCCN(C(=O)C2CCC(c3cccc(C)c3)N(C(=O)Nc3ccc(OC)cc3)C2)C1. The number of nitrogens with zero attached hydrogens (tertiary/aromatic N) is 2. The summed E-state index contributed by atoms with van der Waals surface area (Å²) < 4.78 is 10.4. The van der Waals surface area contributed by atoms with E-state index in [1.165, 1.54) is 0 Å². The molecule has 2 aliphatic heterocycles. The molecule has 4 rings (SSSR count). The van der Waals surface area contributed by atoms with E-state index in [0.717, 1.165) is 24.0 Å². The van der Waals surface area contributed by atoms with E-state index >= 15 is 0 Å². The van der Waals surface area contributed by atoms with Crippen molar-refractivity contribution in [2.75, 3.05) is 38.7 Å². The number of urea groups is 1. The minimum absolute atomic E-state index is 0.0129. The first-order valence-corrected chi connectivity index (χ1v) is 13.1. The summed E-state index contributed by atoms with van der Waals surface area (Å²) in [6.07, 6.45) is 2.88. The van der Waals surface area contributed by atoms with Gasteiger partial charge >= 0.3 is 12.0 Å². The van der Waals surface area contributed by atoms with Crippen LogP contribution < -0.4 is 10.1 Å². The van der Waals surface area contributed by atoms with Gasteiger partial charge in [0, 0.05) is 25.3 Å². The smallest absolute Gasteiger partial charge is 0.322 e. The molecule has 3 unspecified atom stereocenters. The van der Waals surface area contributed by atoms with Crippen molar-refractivity contribution in [3.8, 4) is 5.75 Å². The number of nitrogens with one attached hydrogen (secondary N) is 1. The fourth-order valence-corrected chi connectivity index (χ4v) is 5.38. The van der Waals surface area contributed by atoms with Crippen LogP contribution in [0.3, 0.4) is 0 Å². The minimum Gasteiger partial charge on any atom is -0.497 e. The molecule has 0 bridgehead atoms. The summed E-state index contributed by atoms with van der Waals surface area (Å²) in [6, 6.07) is 15.0. The van der Waals surface area contributed by atoms with Gasteiger partial charge in [0.15, 0.2) is 0 Å². The minimum atomic E-state index is -0.316. The normalized spacial score (nSPS) is 21.8. The van der Waals surface area contributed by atoms with Crippen molar-refractivity contribution < 1.29 is 23.9 Å². The fourth-order valence-electron chi connectivity index (χ4n) is 5.38. The van der Waals surface area contributed by atoms with Crippen molar-refractivity contribution in [2.45, 2.75) is 45.6 Å². The molecule has 8 heteroatoms. The van der Waals surface area contributed by atoms with E-state index in [0.29, 0.717) is 50.5 Å². The van der Waals surface area contributed by atoms with Gasteiger partial charge in [-0.25, -0.2) is 4.79 Å². The van der Waals surface area contributed by atoms with E-state index in [9.17, 15) is 14.4 Å². The number of piperidine rings is 2. The van der Waals surface area contributed by atoms with Crippen molar-refractivity contribution in [1.29, 1.82) is 0 Å². The molecule has 3 amide bonds. The summed E-state index contributed by atoms with van der Waals surface area (Å²) >= 11 is 0. The van der Waals surface area contributed by atoms with Gasteiger partial charge in [-0.2, -0.15) is 0 Å². The Kier molecular flexibility index (Phi) is 8.69. The second-order valence-electron chi connectivity index (χ2n) is 9.89. The summed E-state index contributed by atoms with van der Waals surface area (Å²) in [7, 11) is 1.60. The summed E-state index contributed by atoms with van der Waals surface area (Å²) in [6.45, 7) is 5.50. The van der Waals surface area contributed by atoms with Gasteiger partial charge in [-0.1, -0.05) is 29.8 Å². The van der Waals surface area contributed by atoms with E-state index in [4.69, 9.17) is 9.47 Å². The number of esters is 1. The topological polar surface area (TPSA) is 88.2 Å². The maximum atomic E-state index is 13.6. The van der Waals surface area contributed by atoms with E-state index in [1.807, 2.05) is 25.1 Å². The highest BCUT2D eigenvalue weighted by atomic mass is 16.5. The van der Waals surface area contributed by atoms with Crippen LogP contribution in [0.25, 0.3) is 0 Å². The van der Waals surface area contributed by atoms with Crippen LogP contribution in [0.5, 0.6) is 5.75 Å². The standard InChI is InChI=1S/C29H37N3O5/c1-4-37-28(34)23-9-6-16-31(18-23)27(33)22-10-15-26(21-8-5-7-20(2)17-21)32(19-22)29(35)30-24-11-13-25(36-3)14-12-24/h5,7-8,11-14,17,22-23,26H,4,6,9-10,15-16,18-19H2,1-3H3,(H,30,35). The first-order valence-electron chi connectivity index (χ1n) is 13.1. The zero-order valence-electron chi connectivity index (χ0n) is 21.9. The third kappa shape index (κ3) is 6.42. The Balaban J connectivity index is 1.51. The molecule has 0 saturated carbocycles. The number of likely N-dealkylation sites (tertiary alicyclic amines) is 2. The van der Waals surface area contributed by atoms with Crippen LogP contribution in [-0.2, 0) is 14.3 Å². The fraction of sp³-hybridized carbons (Fsp3) is 0.483. The summed E-state index contributed by atoms with van der Waals surface area (Å²) in [5.41, 5.74) is 2.86. The first-order chi connectivity index (χ1) is 17.9. The molecule has 0 aliphatic carbocycles. The Labute approximate surface area is 218 Å². The Morgan fingerprint density at radius 2 is 1.78 bits per heavy atom. The number of ether oxygens (including phenoxy) is 2. The van der Waals surface area contributed by atoms with Gasteiger partial charge in [0.25, 0.3) is 0 Å². The highest BCUT2D eigenvalue weighted by Gasteiger charge is 2.39. The Bertz CT molecular complexity index is 1100. The van der Waals surface area contributed by atoms with Crippen LogP contribution in [-0.4, -0.2) is 61.1 Å². The van der Waals surface area contributed by atoms with Gasteiger partial charge in [-0.15, -0.1) is 0 Å². The molecule has 2 fully saturated rings. The van der Waals surface area contributed by atoms with Crippen LogP contribution in [0.1, 0.15) is 49.8 Å². The lowest BCUT2D eigenvalue weighted by Gasteiger charge is -2.42. The number of rotatable bonds is 6. The molecular formula is C29H37N3O5. The summed E-state index contributed by atoms with van der Waals surface area (Å²) in [5, 5.41) is 3.00. The van der Waals surface area contributed by atoms with Crippen molar-refractivity contribution in [3.63, 3.8) is 0 Å². The van der Waals surface area contributed by atoms with Gasteiger partial charge < -0.3 is 24.6 Å². The Morgan fingerprint density at radius 3 is 2.49 bits per heavy atom. The van der Waals surface area contributed by atoms with Gasteiger partial charge in [0.05, 0.1) is 31.6 Å². The number of methoxy groups -OCH3 is 1. The highest BCUT2D eigenvalue weighted by Crippen LogP contribution is 2.35. The molecule has 0 radical (unpaired) electrons. The molecule has 8 nitrogen and oxygen atoms in total. The number of carbonyl (C=O) groups is 3. The van der Waals surface area contributed by atoms with Gasteiger partial charge in [-0.3, -0.25) is 9.59 Å². The quantitative estimate of drug-likeness (QED) is 0.568. The lowest BCUT2D eigenvalue weighted by molar-refractivity contribution is -0.152. The molecule has 0 aromatic heterocycles. The van der Waals surface area contributed by atoms with Gasteiger partial charge in [0.2, 0.25) is 5.91 Å². The van der Waals surface area contributed by atoms with Gasteiger partial charge in [-0.05, 0) is 69.4 Å². The van der Waals surface area contributed by atoms with Crippen LogP contribution >= 0.6 is 0 Å². The van der Waals surface area contributed by atoms with Gasteiger partial charge in [0.1, 0.15) is 5.75 Å². The number of carbonyl (C=O) groups excluding carboxylic acids is 3. The molecule has 3 atom stereocenters. The Hall–Kier alpha value is -3.55. The lowest BCUT2D eigenvalue weighted by atomic mass is 9.87. The molecular weight excluding hydrogens is 470 g/mol. The Morgan fingerprint density at radius 1 is 1.00 bits per heavy atom. The second kappa shape index (κ2) is 12.1. The van der Waals surface area contributed by atoms with Crippen molar-refractivity contribution in [1.82, 2.24) is 9.80 Å². The number of aryl methyl sites for hydroxylation is 1. The zero-order valence-corrected chi connectivity index (χ0v) is 21.9. The third-order valence-corrected chi connectivity index (χ3v) is 7.31. The molecule has 2 aromatic rings. The highest BCUT2D eigenvalue weighted by molar-refractivity contribution is 5.90. The number of anilines is 1. The van der Waals surface area contributed by atoms with Crippen molar-refractivity contribution in [2.24, 2.45) is 11.8 Å². The third-order valence-electron chi connectivity index (χ3n) is 7.31. The first kappa shape index (κ1) is 26.5. The summed E-state index contributed by atoms with van der Waals surface area (Å²) in [4.78, 5) is 43.0. The zero-order chi connectivity index (χ0) is 26.4. The molecule has 2 heterocycles. The van der Waals surface area contributed by atoms with Crippen molar-refractivity contribution >= 4 is 23.6 Å². The summed E-state index contributed by atoms with van der Waals surface area (Å²) in [5.74, 6) is -0.108. The van der Waals surface area contributed by atoms with Crippen LogP contribution in [0.4, 0.5) is 10.5 Å². The number of benzene rings is 2. The van der Waals surface area contributed by atoms with Crippen LogP contribution in [0.15, 0.2) is 48.5 Å². The molecule has 198 valence electrons. The maximum Gasteiger partial charge on any atom is 0.322 e. The van der Waals surface area contributed by atoms with E-state index in [1.54, 1.807) is 48.1 Å². The molecule has 2 saturated heterocycles. The van der Waals surface area contributed by atoms with Crippen LogP contribution in [0.2, 0.25) is 0 Å². The van der Waals surface area contributed by atoms with Crippen LogP contribution in [0, 0.1) is 18.8 Å².